The fourth-order valence-corrected chi connectivity index (χ4v) is 4.63. The fourth-order valence-electron chi connectivity index (χ4n) is 4.12. The van der Waals surface area contributed by atoms with Crippen molar-refractivity contribution in [2.75, 3.05) is 17.2 Å². The molecule has 1 aliphatic rings. The number of benzene rings is 1. The highest BCUT2D eigenvalue weighted by Gasteiger charge is 2.26. The Morgan fingerprint density at radius 3 is 2.94 bits per heavy atom. The number of para-hydroxylation sites is 1. The molecule has 4 aromatic heterocycles. The van der Waals surface area contributed by atoms with Gasteiger partial charge in [0.1, 0.15) is 27.6 Å². The molecule has 0 saturated carbocycles. The van der Waals surface area contributed by atoms with E-state index >= 15 is 0 Å². The zero-order valence-corrected chi connectivity index (χ0v) is 18.3. The van der Waals surface area contributed by atoms with Crippen molar-refractivity contribution in [3.05, 3.63) is 64.5 Å². The molecule has 0 atom stereocenters. The Morgan fingerprint density at radius 2 is 2.03 bits per heavy atom. The molecule has 0 fully saturated rings. The molecule has 154 valence electrons. The average Bonchev–Trinajstić information content (AvgIpc) is 3.38. The van der Waals surface area contributed by atoms with E-state index in [1.807, 2.05) is 37.4 Å². The SMILES string of the molecule is Cc1nc2c(o1)CCN(c1nc3c(-c4cnc5ccccc5c4)cnn3c(N)c1Br)C2. The first-order valence-corrected chi connectivity index (χ1v) is 10.8. The van der Waals surface area contributed by atoms with Crippen molar-refractivity contribution in [2.24, 2.45) is 0 Å². The number of nitrogen functional groups attached to an aromatic ring is 1. The molecule has 31 heavy (non-hydrogen) atoms. The molecule has 0 unspecified atom stereocenters. The summed E-state index contributed by atoms with van der Waals surface area (Å²) in [5.41, 5.74) is 10.9. The summed E-state index contributed by atoms with van der Waals surface area (Å²) >= 11 is 3.63. The van der Waals surface area contributed by atoms with Gasteiger partial charge in [0.15, 0.2) is 11.5 Å². The maximum absolute atomic E-state index is 6.44. The number of anilines is 2. The molecule has 0 spiro atoms. The van der Waals surface area contributed by atoms with Gasteiger partial charge in [-0.3, -0.25) is 4.98 Å². The molecule has 0 saturated heterocycles. The number of aromatic nitrogens is 5. The number of halogens is 1. The standard InChI is InChI=1S/C22H18BrN7O/c1-12-27-17-11-29(7-6-18(17)31-12)22-19(23)20(24)30-21(28-22)15(10-26-30)14-8-13-4-2-3-5-16(13)25-9-14/h2-5,8-10H,6-7,11,24H2,1H3. The van der Waals surface area contributed by atoms with Crippen LogP contribution in [-0.4, -0.2) is 31.1 Å². The van der Waals surface area contributed by atoms with Crippen LogP contribution in [0.1, 0.15) is 17.3 Å². The van der Waals surface area contributed by atoms with Crippen molar-refractivity contribution in [3.63, 3.8) is 0 Å². The van der Waals surface area contributed by atoms with E-state index in [-0.39, 0.29) is 0 Å². The monoisotopic (exact) mass is 475 g/mol. The Balaban J connectivity index is 1.48. The Labute approximate surface area is 185 Å². The summed E-state index contributed by atoms with van der Waals surface area (Å²) in [6.07, 6.45) is 4.41. The summed E-state index contributed by atoms with van der Waals surface area (Å²) in [6.45, 7) is 3.26. The minimum Gasteiger partial charge on any atom is -0.446 e. The van der Waals surface area contributed by atoms with Gasteiger partial charge in [0.2, 0.25) is 0 Å². The van der Waals surface area contributed by atoms with Gasteiger partial charge in [-0.1, -0.05) is 18.2 Å². The zero-order valence-electron chi connectivity index (χ0n) is 16.7. The number of pyridine rings is 1. The molecule has 6 rings (SSSR count). The summed E-state index contributed by atoms with van der Waals surface area (Å²) in [7, 11) is 0. The quantitative estimate of drug-likeness (QED) is 0.409. The molecule has 1 aromatic carbocycles. The third kappa shape index (κ3) is 2.88. The van der Waals surface area contributed by atoms with E-state index in [4.69, 9.17) is 15.1 Å². The van der Waals surface area contributed by atoms with E-state index in [1.54, 1.807) is 10.7 Å². The summed E-state index contributed by atoms with van der Waals surface area (Å²) in [4.78, 5) is 16.2. The third-order valence-corrected chi connectivity index (χ3v) is 6.40. The third-order valence-electron chi connectivity index (χ3n) is 5.64. The molecule has 0 aliphatic carbocycles. The molecule has 1 aliphatic heterocycles. The van der Waals surface area contributed by atoms with Crippen molar-refractivity contribution < 1.29 is 4.42 Å². The Hall–Kier alpha value is -3.46. The lowest BCUT2D eigenvalue weighted by Gasteiger charge is -2.27. The molecule has 8 nitrogen and oxygen atoms in total. The van der Waals surface area contributed by atoms with Crippen LogP contribution in [0.25, 0.3) is 27.7 Å². The summed E-state index contributed by atoms with van der Waals surface area (Å²) in [6, 6.07) is 10.1. The maximum Gasteiger partial charge on any atom is 0.191 e. The maximum atomic E-state index is 6.44. The molecule has 9 heteroatoms. The highest BCUT2D eigenvalue weighted by Crippen LogP contribution is 2.36. The van der Waals surface area contributed by atoms with E-state index < -0.39 is 0 Å². The van der Waals surface area contributed by atoms with E-state index in [1.165, 1.54) is 0 Å². The van der Waals surface area contributed by atoms with Gasteiger partial charge in [0, 0.05) is 42.6 Å². The van der Waals surface area contributed by atoms with Gasteiger partial charge in [-0.25, -0.2) is 9.97 Å². The molecule has 0 radical (unpaired) electrons. The van der Waals surface area contributed by atoms with Gasteiger partial charge in [-0.05, 0) is 28.1 Å². The van der Waals surface area contributed by atoms with Gasteiger partial charge in [0.25, 0.3) is 0 Å². The molecule has 0 amide bonds. The Kier molecular flexibility index (Phi) is 4.01. The fraction of sp³-hybridized carbons (Fsp3) is 0.182. The number of nitrogens with two attached hydrogens (primary N) is 1. The minimum atomic E-state index is 0.502. The van der Waals surface area contributed by atoms with Gasteiger partial charge >= 0.3 is 0 Å². The summed E-state index contributed by atoms with van der Waals surface area (Å²) in [5.74, 6) is 2.91. The Morgan fingerprint density at radius 1 is 1.16 bits per heavy atom. The van der Waals surface area contributed by atoms with Gasteiger partial charge < -0.3 is 15.1 Å². The number of hydrogen-bond acceptors (Lipinski definition) is 7. The van der Waals surface area contributed by atoms with Crippen LogP contribution in [0.4, 0.5) is 11.6 Å². The average molecular weight is 476 g/mol. The number of oxazole rings is 1. The molecule has 5 aromatic rings. The predicted molar refractivity (Wildman–Crippen MR) is 122 cm³/mol. The minimum absolute atomic E-state index is 0.502. The van der Waals surface area contributed by atoms with E-state index in [9.17, 15) is 0 Å². The van der Waals surface area contributed by atoms with Crippen LogP contribution >= 0.6 is 15.9 Å². The van der Waals surface area contributed by atoms with Crippen LogP contribution in [0.2, 0.25) is 0 Å². The first-order valence-electron chi connectivity index (χ1n) is 9.96. The number of nitrogens with zero attached hydrogens (tertiary/aromatic N) is 6. The first-order chi connectivity index (χ1) is 15.1. The first kappa shape index (κ1) is 18.3. The van der Waals surface area contributed by atoms with Crippen LogP contribution in [-0.2, 0) is 13.0 Å². The van der Waals surface area contributed by atoms with Crippen molar-refractivity contribution in [1.82, 2.24) is 24.6 Å². The van der Waals surface area contributed by atoms with E-state index in [2.05, 4.69) is 42.0 Å². The second-order valence-corrected chi connectivity index (χ2v) is 8.41. The van der Waals surface area contributed by atoms with Crippen LogP contribution in [0.15, 0.2) is 51.6 Å². The largest absolute Gasteiger partial charge is 0.446 e. The molecular formula is C22H18BrN7O. The lowest BCUT2D eigenvalue weighted by atomic mass is 10.1. The van der Waals surface area contributed by atoms with Crippen molar-refractivity contribution >= 4 is 44.1 Å². The van der Waals surface area contributed by atoms with Gasteiger partial charge in [0.05, 0.1) is 18.3 Å². The van der Waals surface area contributed by atoms with Crippen molar-refractivity contribution in [2.45, 2.75) is 19.9 Å². The second kappa shape index (κ2) is 6.78. The highest BCUT2D eigenvalue weighted by atomic mass is 79.9. The molecule has 2 N–H and O–H groups in total. The van der Waals surface area contributed by atoms with Crippen molar-refractivity contribution in [1.29, 1.82) is 0 Å². The van der Waals surface area contributed by atoms with Crippen LogP contribution in [0, 0.1) is 6.92 Å². The van der Waals surface area contributed by atoms with Gasteiger partial charge in [-0.15, -0.1) is 0 Å². The lowest BCUT2D eigenvalue weighted by molar-refractivity contribution is 0.463. The summed E-state index contributed by atoms with van der Waals surface area (Å²) < 4.78 is 8.08. The lowest BCUT2D eigenvalue weighted by Crippen LogP contribution is -2.31. The molecular weight excluding hydrogens is 458 g/mol. The zero-order chi connectivity index (χ0) is 21.1. The predicted octanol–water partition coefficient (Wildman–Crippen LogP) is 4.15. The smallest absolute Gasteiger partial charge is 0.191 e. The number of rotatable bonds is 2. The normalized spacial score (nSPS) is 13.8. The Bertz CT molecular complexity index is 1470. The molecule has 0 bridgehead atoms. The topological polar surface area (TPSA) is 98.4 Å². The number of aryl methyl sites for hydroxylation is 1. The second-order valence-electron chi connectivity index (χ2n) is 7.62. The summed E-state index contributed by atoms with van der Waals surface area (Å²) in [5, 5.41) is 5.55. The van der Waals surface area contributed by atoms with Crippen LogP contribution in [0.3, 0.4) is 0 Å². The van der Waals surface area contributed by atoms with Crippen LogP contribution < -0.4 is 10.6 Å². The number of fused-ring (bicyclic) bond motifs is 3. The van der Waals surface area contributed by atoms with Crippen LogP contribution in [0.5, 0.6) is 0 Å². The molecule has 5 heterocycles. The highest BCUT2D eigenvalue weighted by molar-refractivity contribution is 9.10. The number of hydrogen-bond donors (Lipinski definition) is 1. The van der Waals surface area contributed by atoms with Gasteiger partial charge in [-0.2, -0.15) is 9.61 Å². The van der Waals surface area contributed by atoms with E-state index in [0.717, 1.165) is 56.7 Å². The van der Waals surface area contributed by atoms with Crippen molar-refractivity contribution in [3.8, 4) is 11.1 Å². The van der Waals surface area contributed by atoms with E-state index in [0.29, 0.717) is 23.9 Å².